The molecule has 0 atom stereocenters. The Kier molecular flexibility index (Phi) is 5.02. The van der Waals surface area contributed by atoms with Crippen molar-refractivity contribution in [3.8, 4) is 23.0 Å². The lowest BCUT2D eigenvalue weighted by Crippen LogP contribution is -2.25. The Bertz CT molecular complexity index is 962. The zero-order valence-electron chi connectivity index (χ0n) is 14.3. The molecule has 3 aromatic rings. The van der Waals surface area contributed by atoms with Gasteiger partial charge in [0, 0.05) is 17.3 Å². The molecule has 8 nitrogen and oxygen atoms in total. The molecule has 0 saturated carbocycles. The molecule has 0 radical (unpaired) electrons. The number of carbonyl (C=O) groups is 1. The van der Waals surface area contributed by atoms with E-state index >= 15 is 0 Å². The van der Waals surface area contributed by atoms with Crippen molar-refractivity contribution in [2.45, 2.75) is 6.54 Å². The van der Waals surface area contributed by atoms with Crippen molar-refractivity contribution in [3.05, 3.63) is 59.1 Å². The van der Waals surface area contributed by atoms with Crippen LogP contribution in [0.3, 0.4) is 0 Å². The van der Waals surface area contributed by atoms with Gasteiger partial charge in [0.05, 0.1) is 14.2 Å². The molecule has 0 spiro atoms. The summed E-state index contributed by atoms with van der Waals surface area (Å²) in [5, 5.41) is 6.73. The zero-order chi connectivity index (χ0) is 18.5. The van der Waals surface area contributed by atoms with E-state index in [2.05, 4.69) is 10.4 Å². The van der Waals surface area contributed by atoms with Crippen molar-refractivity contribution < 1.29 is 18.7 Å². The maximum absolute atomic E-state index is 12.2. The standard InChI is InChI=1S/C18H17N3O5/c1-24-14-9-8-13(10-15(14)25-2)19-16(22)11-21-18(23)26-17(20-21)12-6-4-3-5-7-12/h3-10H,11H2,1-2H3,(H,19,22). The molecule has 8 heteroatoms. The summed E-state index contributed by atoms with van der Waals surface area (Å²) in [5.41, 5.74) is 1.16. The smallest absolute Gasteiger partial charge is 0.437 e. The molecule has 0 aliphatic rings. The molecule has 0 aliphatic carbocycles. The number of ether oxygens (including phenoxy) is 2. The molecule has 0 saturated heterocycles. The van der Waals surface area contributed by atoms with Gasteiger partial charge in [0.2, 0.25) is 11.8 Å². The summed E-state index contributed by atoms with van der Waals surface area (Å²) in [6, 6.07) is 13.9. The second-order valence-electron chi connectivity index (χ2n) is 5.31. The number of anilines is 1. The lowest BCUT2D eigenvalue weighted by Gasteiger charge is -2.10. The Morgan fingerprint density at radius 1 is 1.12 bits per heavy atom. The molecular formula is C18H17N3O5. The quantitative estimate of drug-likeness (QED) is 0.728. The van der Waals surface area contributed by atoms with Crippen molar-refractivity contribution in [2.24, 2.45) is 0 Å². The van der Waals surface area contributed by atoms with Crippen molar-refractivity contribution >= 4 is 11.6 Å². The van der Waals surface area contributed by atoms with E-state index in [0.29, 0.717) is 22.7 Å². The van der Waals surface area contributed by atoms with Crippen LogP contribution in [0.15, 0.2) is 57.7 Å². The molecule has 0 bridgehead atoms. The second kappa shape index (κ2) is 7.56. The first-order valence-electron chi connectivity index (χ1n) is 7.76. The zero-order valence-corrected chi connectivity index (χ0v) is 14.3. The summed E-state index contributed by atoms with van der Waals surface area (Å²) in [6.45, 7) is -0.274. The van der Waals surface area contributed by atoms with Crippen molar-refractivity contribution in [2.75, 3.05) is 19.5 Å². The van der Waals surface area contributed by atoms with Gasteiger partial charge in [-0.25, -0.2) is 4.79 Å². The molecule has 0 unspecified atom stereocenters. The topological polar surface area (TPSA) is 95.6 Å². The highest BCUT2D eigenvalue weighted by molar-refractivity contribution is 5.90. The molecule has 3 rings (SSSR count). The largest absolute Gasteiger partial charge is 0.493 e. The van der Waals surface area contributed by atoms with Gasteiger partial charge in [-0.2, -0.15) is 4.68 Å². The maximum Gasteiger partial charge on any atom is 0.437 e. The number of nitrogens with zero attached hydrogens (tertiary/aromatic N) is 2. The summed E-state index contributed by atoms with van der Waals surface area (Å²) in [4.78, 5) is 24.1. The van der Waals surface area contributed by atoms with E-state index in [9.17, 15) is 9.59 Å². The van der Waals surface area contributed by atoms with Crippen molar-refractivity contribution in [1.29, 1.82) is 0 Å². The first-order chi connectivity index (χ1) is 12.6. The van der Waals surface area contributed by atoms with Gasteiger partial charge in [-0.15, -0.1) is 5.10 Å². The number of carbonyl (C=O) groups excluding carboxylic acids is 1. The van der Waals surface area contributed by atoms with Gasteiger partial charge in [-0.05, 0) is 24.3 Å². The summed E-state index contributed by atoms with van der Waals surface area (Å²) in [7, 11) is 3.03. The molecule has 1 heterocycles. The highest BCUT2D eigenvalue weighted by Crippen LogP contribution is 2.29. The number of methoxy groups -OCH3 is 2. The van der Waals surface area contributed by atoms with Crippen LogP contribution < -0.4 is 20.5 Å². The normalized spacial score (nSPS) is 10.4. The molecule has 2 aromatic carbocycles. The number of hydrogen-bond acceptors (Lipinski definition) is 6. The van der Waals surface area contributed by atoms with E-state index in [1.807, 2.05) is 6.07 Å². The van der Waals surface area contributed by atoms with Crippen LogP contribution in [0.25, 0.3) is 11.5 Å². The predicted octanol–water partition coefficient (Wildman–Crippen LogP) is 2.16. The summed E-state index contributed by atoms with van der Waals surface area (Å²) in [6.07, 6.45) is 0. The van der Waals surface area contributed by atoms with E-state index in [-0.39, 0.29) is 12.4 Å². The fourth-order valence-electron chi connectivity index (χ4n) is 2.35. The van der Waals surface area contributed by atoms with Gasteiger partial charge in [0.1, 0.15) is 6.54 Å². The van der Waals surface area contributed by atoms with Gasteiger partial charge in [0.15, 0.2) is 11.5 Å². The van der Waals surface area contributed by atoms with Gasteiger partial charge in [0.25, 0.3) is 0 Å². The lowest BCUT2D eigenvalue weighted by molar-refractivity contribution is -0.117. The first kappa shape index (κ1) is 17.3. The number of nitrogens with one attached hydrogen (secondary N) is 1. The maximum atomic E-state index is 12.2. The third-order valence-electron chi connectivity index (χ3n) is 3.59. The Labute approximate surface area is 149 Å². The monoisotopic (exact) mass is 355 g/mol. The van der Waals surface area contributed by atoms with Gasteiger partial charge in [-0.1, -0.05) is 18.2 Å². The predicted molar refractivity (Wildman–Crippen MR) is 94.4 cm³/mol. The third kappa shape index (κ3) is 3.75. The number of benzene rings is 2. The lowest BCUT2D eigenvalue weighted by atomic mass is 10.2. The molecule has 134 valence electrons. The number of amides is 1. The molecule has 1 amide bonds. The van der Waals surface area contributed by atoms with Crippen molar-refractivity contribution in [1.82, 2.24) is 9.78 Å². The highest BCUT2D eigenvalue weighted by Gasteiger charge is 2.14. The fourth-order valence-corrected chi connectivity index (χ4v) is 2.35. The number of hydrogen-bond donors (Lipinski definition) is 1. The highest BCUT2D eigenvalue weighted by atomic mass is 16.5. The molecule has 1 aromatic heterocycles. The Balaban J connectivity index is 1.73. The minimum atomic E-state index is -0.702. The Morgan fingerprint density at radius 3 is 2.54 bits per heavy atom. The molecule has 1 N–H and O–H groups in total. The summed E-state index contributed by atoms with van der Waals surface area (Å²) >= 11 is 0. The molecule has 0 fully saturated rings. The average molecular weight is 355 g/mol. The minimum absolute atomic E-state index is 0.162. The first-order valence-corrected chi connectivity index (χ1v) is 7.76. The molecular weight excluding hydrogens is 338 g/mol. The van der Waals surface area contributed by atoms with Crippen LogP contribution in [-0.4, -0.2) is 29.9 Å². The van der Waals surface area contributed by atoms with E-state index in [0.717, 1.165) is 4.68 Å². The van der Waals surface area contributed by atoms with Crippen LogP contribution in [0.5, 0.6) is 11.5 Å². The van der Waals surface area contributed by atoms with E-state index in [1.54, 1.807) is 42.5 Å². The second-order valence-corrected chi connectivity index (χ2v) is 5.31. The van der Waals surface area contributed by atoms with Crippen LogP contribution in [0.2, 0.25) is 0 Å². The van der Waals surface area contributed by atoms with E-state index < -0.39 is 11.7 Å². The van der Waals surface area contributed by atoms with Crippen LogP contribution in [0.1, 0.15) is 0 Å². The van der Waals surface area contributed by atoms with Crippen LogP contribution in [0.4, 0.5) is 5.69 Å². The minimum Gasteiger partial charge on any atom is -0.493 e. The Morgan fingerprint density at radius 2 is 1.85 bits per heavy atom. The van der Waals surface area contributed by atoms with Crippen LogP contribution in [-0.2, 0) is 11.3 Å². The average Bonchev–Trinajstić information content (AvgIpc) is 3.02. The Hall–Kier alpha value is -3.55. The molecule has 26 heavy (non-hydrogen) atoms. The van der Waals surface area contributed by atoms with Crippen LogP contribution >= 0.6 is 0 Å². The van der Waals surface area contributed by atoms with Gasteiger partial charge < -0.3 is 19.2 Å². The van der Waals surface area contributed by atoms with Gasteiger partial charge in [-0.3, -0.25) is 4.79 Å². The fraction of sp³-hybridized carbons (Fsp3) is 0.167. The number of rotatable bonds is 6. The molecule has 0 aliphatic heterocycles. The van der Waals surface area contributed by atoms with Crippen LogP contribution in [0, 0.1) is 0 Å². The third-order valence-corrected chi connectivity index (χ3v) is 3.59. The van der Waals surface area contributed by atoms with Gasteiger partial charge >= 0.3 is 5.76 Å². The summed E-state index contributed by atoms with van der Waals surface area (Å²) in [5.74, 6) is 0.0639. The van der Waals surface area contributed by atoms with E-state index in [4.69, 9.17) is 13.9 Å². The summed E-state index contributed by atoms with van der Waals surface area (Å²) < 4.78 is 16.4. The van der Waals surface area contributed by atoms with Crippen molar-refractivity contribution in [3.63, 3.8) is 0 Å². The van der Waals surface area contributed by atoms with E-state index in [1.165, 1.54) is 14.2 Å². The number of aromatic nitrogens is 2. The SMILES string of the molecule is COc1ccc(NC(=O)Cn2nc(-c3ccccc3)oc2=O)cc1OC.